The van der Waals surface area contributed by atoms with E-state index < -0.39 is 0 Å². The van der Waals surface area contributed by atoms with Crippen molar-refractivity contribution in [3.8, 4) is 0 Å². The summed E-state index contributed by atoms with van der Waals surface area (Å²) in [5, 5.41) is 0.728. The number of hydrogen-bond acceptors (Lipinski definition) is 5. The van der Waals surface area contributed by atoms with Crippen molar-refractivity contribution < 1.29 is 9.53 Å². The topological polar surface area (TPSA) is 55.3 Å². The van der Waals surface area contributed by atoms with Crippen LogP contribution in [0.5, 0.6) is 0 Å². The number of nitrogens with zero attached hydrogens (tertiary/aromatic N) is 3. The monoisotopic (exact) mass is 265 g/mol. The fourth-order valence-corrected chi connectivity index (χ4v) is 1.89. The van der Waals surface area contributed by atoms with E-state index in [2.05, 4.69) is 9.97 Å². The quantitative estimate of drug-likeness (QED) is 0.465. The first-order chi connectivity index (χ1) is 8.79. The molecule has 5 nitrogen and oxygen atoms in total. The second-order valence-electron chi connectivity index (χ2n) is 3.77. The maximum Gasteiger partial charge on any atom is 0.246 e. The predicted octanol–water partition coefficient (Wildman–Crippen LogP) is 1.07. The molecular formula is C12H15N3O2S. The number of hydrogen-bond donors (Lipinski definition) is 0. The normalized spacial score (nSPS) is 16.2. The number of ether oxygens (including phenoxy) is 1. The van der Waals surface area contributed by atoms with Gasteiger partial charge in [-0.05, 0) is 12.3 Å². The molecule has 0 unspecified atom stereocenters. The minimum Gasteiger partial charge on any atom is -0.378 e. The van der Waals surface area contributed by atoms with Gasteiger partial charge in [0.2, 0.25) is 5.91 Å². The summed E-state index contributed by atoms with van der Waals surface area (Å²) >= 11 is 1.49. The lowest BCUT2D eigenvalue weighted by Crippen LogP contribution is -2.39. The van der Waals surface area contributed by atoms with Gasteiger partial charge in [-0.1, -0.05) is 11.8 Å². The molecular weight excluding hydrogens is 250 g/mol. The molecule has 0 N–H and O–H groups in total. The van der Waals surface area contributed by atoms with Crippen molar-refractivity contribution in [1.29, 1.82) is 0 Å². The third-order valence-electron chi connectivity index (χ3n) is 2.57. The Kier molecular flexibility index (Phi) is 4.72. The van der Waals surface area contributed by atoms with Crippen LogP contribution in [0.3, 0.4) is 0 Å². The van der Waals surface area contributed by atoms with Crippen LogP contribution < -0.4 is 0 Å². The Morgan fingerprint density at radius 2 is 2.06 bits per heavy atom. The van der Waals surface area contributed by atoms with E-state index in [-0.39, 0.29) is 5.91 Å². The zero-order chi connectivity index (χ0) is 12.8. The molecule has 1 aromatic rings. The summed E-state index contributed by atoms with van der Waals surface area (Å²) in [4.78, 5) is 21.9. The summed E-state index contributed by atoms with van der Waals surface area (Å²) in [7, 11) is 0. The molecule has 0 bridgehead atoms. The van der Waals surface area contributed by atoms with E-state index >= 15 is 0 Å². The number of carbonyl (C=O) groups excluding carboxylic acids is 1. The third-order valence-corrected chi connectivity index (χ3v) is 3.15. The van der Waals surface area contributed by atoms with E-state index in [1.807, 2.05) is 6.26 Å². The molecule has 96 valence electrons. The van der Waals surface area contributed by atoms with Gasteiger partial charge in [-0.2, -0.15) is 0 Å². The molecule has 1 aromatic heterocycles. The Labute approximate surface area is 110 Å². The average molecular weight is 265 g/mol. The zero-order valence-electron chi connectivity index (χ0n) is 10.2. The van der Waals surface area contributed by atoms with Crippen molar-refractivity contribution in [3.63, 3.8) is 0 Å². The highest BCUT2D eigenvalue weighted by atomic mass is 32.2. The van der Waals surface area contributed by atoms with Crippen molar-refractivity contribution in [2.75, 3.05) is 32.6 Å². The number of carbonyl (C=O) groups is 1. The number of aromatic nitrogens is 2. The lowest BCUT2D eigenvalue weighted by molar-refractivity contribution is -0.129. The van der Waals surface area contributed by atoms with Crippen molar-refractivity contribution in [1.82, 2.24) is 14.9 Å². The van der Waals surface area contributed by atoms with Crippen molar-refractivity contribution in [2.24, 2.45) is 0 Å². The van der Waals surface area contributed by atoms with Gasteiger partial charge in [-0.15, -0.1) is 0 Å². The number of rotatable bonds is 3. The van der Waals surface area contributed by atoms with Crippen LogP contribution in [0.2, 0.25) is 0 Å². The fraction of sp³-hybridized carbons (Fsp3) is 0.417. The van der Waals surface area contributed by atoms with Gasteiger partial charge in [-0.3, -0.25) is 4.79 Å². The van der Waals surface area contributed by atoms with Crippen LogP contribution in [0, 0.1) is 0 Å². The van der Waals surface area contributed by atoms with Gasteiger partial charge in [-0.25, -0.2) is 9.97 Å². The molecule has 18 heavy (non-hydrogen) atoms. The molecule has 0 aliphatic carbocycles. The third kappa shape index (κ3) is 3.54. The van der Waals surface area contributed by atoms with E-state index in [1.54, 1.807) is 29.4 Å². The van der Waals surface area contributed by atoms with E-state index in [9.17, 15) is 4.79 Å². The minimum atomic E-state index is 0.00671. The standard InChI is InChI=1S/C12H15N3O2S/c1-18-12-13-8-10(9-14-12)2-3-11(16)15-4-6-17-7-5-15/h2-3,8-9H,4-7H2,1H3/b3-2+. The number of amides is 1. The van der Waals surface area contributed by atoms with Crippen molar-refractivity contribution in [3.05, 3.63) is 24.0 Å². The number of thioether (sulfide) groups is 1. The van der Waals surface area contributed by atoms with Gasteiger partial charge in [0.05, 0.1) is 13.2 Å². The Morgan fingerprint density at radius 1 is 1.39 bits per heavy atom. The minimum absolute atomic E-state index is 0.00671. The molecule has 1 saturated heterocycles. The SMILES string of the molecule is CSc1ncc(/C=C/C(=O)N2CCOCC2)cn1. The summed E-state index contributed by atoms with van der Waals surface area (Å²) in [5.74, 6) is 0.00671. The Morgan fingerprint density at radius 3 is 2.67 bits per heavy atom. The summed E-state index contributed by atoms with van der Waals surface area (Å²) in [5.41, 5.74) is 0.828. The molecule has 0 saturated carbocycles. The van der Waals surface area contributed by atoms with Gasteiger partial charge in [0.15, 0.2) is 5.16 Å². The highest BCUT2D eigenvalue weighted by molar-refractivity contribution is 7.98. The first-order valence-electron chi connectivity index (χ1n) is 5.70. The van der Waals surface area contributed by atoms with E-state index in [0.717, 1.165) is 10.7 Å². The van der Waals surface area contributed by atoms with E-state index in [4.69, 9.17) is 4.74 Å². The van der Waals surface area contributed by atoms with Crippen LogP contribution in [-0.2, 0) is 9.53 Å². The van der Waals surface area contributed by atoms with Gasteiger partial charge in [0, 0.05) is 37.1 Å². The molecule has 1 amide bonds. The summed E-state index contributed by atoms with van der Waals surface area (Å²) in [6.45, 7) is 2.55. The van der Waals surface area contributed by atoms with Gasteiger partial charge >= 0.3 is 0 Å². The van der Waals surface area contributed by atoms with E-state index in [0.29, 0.717) is 26.3 Å². The molecule has 0 aromatic carbocycles. The van der Waals surface area contributed by atoms with Crippen molar-refractivity contribution in [2.45, 2.75) is 5.16 Å². The Balaban J connectivity index is 1.94. The van der Waals surface area contributed by atoms with Crippen LogP contribution in [0.25, 0.3) is 6.08 Å². The molecule has 2 rings (SSSR count). The molecule has 1 aliphatic rings. The lowest BCUT2D eigenvalue weighted by atomic mass is 10.3. The summed E-state index contributed by atoms with van der Waals surface area (Å²) in [6.07, 6.45) is 8.64. The highest BCUT2D eigenvalue weighted by Gasteiger charge is 2.13. The van der Waals surface area contributed by atoms with Gasteiger partial charge in [0.1, 0.15) is 0 Å². The largest absolute Gasteiger partial charge is 0.378 e. The maximum absolute atomic E-state index is 11.8. The predicted molar refractivity (Wildman–Crippen MR) is 70.2 cm³/mol. The Hall–Kier alpha value is -1.40. The first-order valence-corrected chi connectivity index (χ1v) is 6.93. The van der Waals surface area contributed by atoms with Gasteiger partial charge in [0.25, 0.3) is 0 Å². The number of morpholine rings is 1. The molecule has 6 heteroatoms. The maximum atomic E-state index is 11.8. The highest BCUT2D eigenvalue weighted by Crippen LogP contribution is 2.08. The molecule has 0 radical (unpaired) electrons. The molecule has 1 aliphatic heterocycles. The van der Waals surface area contributed by atoms with Gasteiger partial charge < -0.3 is 9.64 Å². The molecule has 0 atom stereocenters. The van der Waals surface area contributed by atoms with Crippen LogP contribution in [0.4, 0.5) is 0 Å². The average Bonchev–Trinajstić information content (AvgIpc) is 2.46. The Bertz CT molecular complexity index is 427. The smallest absolute Gasteiger partial charge is 0.246 e. The van der Waals surface area contributed by atoms with Crippen LogP contribution >= 0.6 is 11.8 Å². The molecule has 1 fully saturated rings. The fourth-order valence-electron chi connectivity index (χ4n) is 1.57. The summed E-state index contributed by atoms with van der Waals surface area (Å²) < 4.78 is 5.20. The zero-order valence-corrected chi connectivity index (χ0v) is 11.0. The second-order valence-corrected chi connectivity index (χ2v) is 4.55. The molecule has 0 spiro atoms. The van der Waals surface area contributed by atoms with E-state index in [1.165, 1.54) is 11.8 Å². The first kappa shape index (κ1) is 13.0. The van der Waals surface area contributed by atoms with Crippen molar-refractivity contribution >= 4 is 23.7 Å². The van der Waals surface area contributed by atoms with Crippen LogP contribution in [0.1, 0.15) is 5.56 Å². The van der Waals surface area contributed by atoms with Crippen LogP contribution in [0.15, 0.2) is 23.6 Å². The second kappa shape index (κ2) is 6.51. The summed E-state index contributed by atoms with van der Waals surface area (Å²) in [6, 6.07) is 0. The molecule has 2 heterocycles. The van der Waals surface area contributed by atoms with Crippen LogP contribution in [-0.4, -0.2) is 53.3 Å². The lowest BCUT2D eigenvalue weighted by Gasteiger charge is -2.25.